The summed E-state index contributed by atoms with van der Waals surface area (Å²) >= 11 is 1.52. The van der Waals surface area contributed by atoms with E-state index >= 15 is 0 Å². The molecule has 0 radical (unpaired) electrons. The Hall–Kier alpha value is -2.09. The van der Waals surface area contributed by atoms with E-state index in [1.807, 2.05) is 37.3 Å². The molecule has 0 bridgehead atoms. The highest BCUT2D eigenvalue weighted by Crippen LogP contribution is 2.20. The lowest BCUT2D eigenvalue weighted by Gasteiger charge is -2.06. The molecule has 0 saturated carbocycles. The maximum atomic E-state index is 12.2. The quantitative estimate of drug-likeness (QED) is 0.855. The van der Waals surface area contributed by atoms with Crippen LogP contribution in [-0.2, 0) is 6.42 Å². The van der Waals surface area contributed by atoms with Gasteiger partial charge >= 0.3 is 0 Å². The summed E-state index contributed by atoms with van der Waals surface area (Å²) in [5, 5.41) is 2.91. The molecule has 0 saturated heterocycles. The highest BCUT2D eigenvalue weighted by molar-refractivity contribution is 7.14. The SMILES string of the molecule is CCc1ccc(C(=O)Nc2ccc(C)c(C#CCN)c2)s1. The van der Waals surface area contributed by atoms with Gasteiger partial charge in [0.2, 0.25) is 0 Å². The number of nitrogens with two attached hydrogens (primary N) is 1. The fourth-order valence-corrected chi connectivity index (χ4v) is 2.71. The fourth-order valence-electron chi connectivity index (χ4n) is 1.86. The largest absolute Gasteiger partial charge is 0.321 e. The third kappa shape index (κ3) is 3.94. The van der Waals surface area contributed by atoms with Crippen LogP contribution < -0.4 is 11.1 Å². The first kappa shape index (κ1) is 15.3. The highest BCUT2D eigenvalue weighted by Gasteiger charge is 2.09. The van der Waals surface area contributed by atoms with Crippen LogP contribution in [0.4, 0.5) is 5.69 Å². The van der Waals surface area contributed by atoms with Crippen LogP contribution in [0, 0.1) is 18.8 Å². The van der Waals surface area contributed by atoms with Gasteiger partial charge in [-0.25, -0.2) is 0 Å². The predicted octanol–water partition coefficient (Wildman–Crippen LogP) is 3.18. The summed E-state index contributed by atoms with van der Waals surface area (Å²) in [5.41, 5.74) is 8.10. The first-order valence-corrected chi connectivity index (χ1v) is 7.65. The second-order valence-electron chi connectivity index (χ2n) is 4.61. The Kier molecular flexibility index (Phi) is 5.15. The summed E-state index contributed by atoms with van der Waals surface area (Å²) in [6.45, 7) is 4.39. The van der Waals surface area contributed by atoms with Crippen LogP contribution in [0.25, 0.3) is 0 Å². The summed E-state index contributed by atoms with van der Waals surface area (Å²) in [4.78, 5) is 14.1. The van der Waals surface area contributed by atoms with Crippen molar-refractivity contribution in [2.45, 2.75) is 20.3 Å². The third-order valence-corrected chi connectivity index (χ3v) is 4.28. The molecule has 1 aromatic carbocycles. The van der Waals surface area contributed by atoms with Crippen LogP contribution in [0.5, 0.6) is 0 Å². The average Bonchev–Trinajstić information content (AvgIpc) is 2.97. The minimum Gasteiger partial charge on any atom is -0.321 e. The Bertz CT molecular complexity index is 707. The topological polar surface area (TPSA) is 55.1 Å². The zero-order valence-corrected chi connectivity index (χ0v) is 13.0. The molecule has 0 unspecified atom stereocenters. The number of carbonyl (C=O) groups excluding carboxylic acids is 1. The van der Waals surface area contributed by atoms with E-state index in [-0.39, 0.29) is 5.91 Å². The lowest BCUT2D eigenvalue weighted by Crippen LogP contribution is -2.10. The molecule has 0 fully saturated rings. The maximum Gasteiger partial charge on any atom is 0.265 e. The molecule has 1 heterocycles. The number of hydrogen-bond donors (Lipinski definition) is 2. The van der Waals surface area contributed by atoms with Crippen LogP contribution in [0.3, 0.4) is 0 Å². The van der Waals surface area contributed by atoms with Gasteiger partial charge in [0.15, 0.2) is 0 Å². The number of carbonyl (C=O) groups is 1. The van der Waals surface area contributed by atoms with Crippen molar-refractivity contribution in [1.82, 2.24) is 0 Å². The fraction of sp³-hybridized carbons (Fsp3) is 0.235. The Morgan fingerprint density at radius 2 is 2.14 bits per heavy atom. The number of nitrogens with one attached hydrogen (secondary N) is 1. The lowest BCUT2D eigenvalue weighted by molar-refractivity contribution is 0.103. The normalized spacial score (nSPS) is 9.86. The molecule has 108 valence electrons. The standard InChI is InChI=1S/C17H18N2OS/c1-3-15-8-9-16(21-15)17(20)19-14-7-6-12(2)13(11-14)5-4-10-18/h6-9,11H,3,10,18H2,1-2H3,(H,19,20). The molecule has 0 aliphatic heterocycles. The van der Waals surface area contributed by atoms with Crippen molar-refractivity contribution in [3.63, 3.8) is 0 Å². The lowest BCUT2D eigenvalue weighted by atomic mass is 10.1. The van der Waals surface area contributed by atoms with E-state index in [1.54, 1.807) is 0 Å². The summed E-state index contributed by atoms with van der Waals surface area (Å²) in [5.74, 6) is 5.77. The number of rotatable bonds is 3. The van der Waals surface area contributed by atoms with Gasteiger partial charge in [0.25, 0.3) is 5.91 Å². The number of anilines is 1. The molecule has 3 nitrogen and oxygen atoms in total. The minimum absolute atomic E-state index is 0.0821. The molecule has 0 aliphatic carbocycles. The van der Waals surface area contributed by atoms with Gasteiger partial charge in [-0.1, -0.05) is 24.8 Å². The highest BCUT2D eigenvalue weighted by atomic mass is 32.1. The summed E-state index contributed by atoms with van der Waals surface area (Å²) < 4.78 is 0. The van der Waals surface area contributed by atoms with E-state index < -0.39 is 0 Å². The van der Waals surface area contributed by atoms with E-state index in [0.29, 0.717) is 6.54 Å². The molecule has 1 aromatic heterocycles. The van der Waals surface area contributed by atoms with E-state index in [1.165, 1.54) is 16.2 Å². The van der Waals surface area contributed by atoms with Gasteiger partial charge < -0.3 is 11.1 Å². The summed E-state index contributed by atoms with van der Waals surface area (Å²) in [6.07, 6.45) is 0.946. The van der Waals surface area contributed by atoms with E-state index in [9.17, 15) is 4.79 Å². The van der Waals surface area contributed by atoms with Crippen molar-refractivity contribution in [3.05, 3.63) is 51.2 Å². The Morgan fingerprint density at radius 1 is 1.33 bits per heavy atom. The Labute approximate surface area is 129 Å². The van der Waals surface area contributed by atoms with Gasteiger partial charge in [0.05, 0.1) is 11.4 Å². The number of amides is 1. The van der Waals surface area contributed by atoms with Crippen LogP contribution in [0.15, 0.2) is 30.3 Å². The second kappa shape index (κ2) is 7.07. The predicted molar refractivity (Wildman–Crippen MR) is 88.8 cm³/mol. The molecule has 0 spiro atoms. The molecule has 2 aromatic rings. The van der Waals surface area contributed by atoms with E-state index in [0.717, 1.165) is 28.1 Å². The van der Waals surface area contributed by atoms with E-state index in [4.69, 9.17) is 5.73 Å². The van der Waals surface area contributed by atoms with Crippen LogP contribution in [-0.4, -0.2) is 12.5 Å². The van der Waals surface area contributed by atoms with Gasteiger partial charge in [-0.3, -0.25) is 4.79 Å². The first-order valence-electron chi connectivity index (χ1n) is 6.83. The van der Waals surface area contributed by atoms with Crippen molar-refractivity contribution in [2.75, 3.05) is 11.9 Å². The summed E-state index contributed by atoms with van der Waals surface area (Å²) in [7, 11) is 0. The first-order chi connectivity index (χ1) is 10.1. The molecule has 1 amide bonds. The molecule has 2 rings (SSSR count). The zero-order chi connectivity index (χ0) is 15.2. The van der Waals surface area contributed by atoms with E-state index in [2.05, 4.69) is 24.1 Å². The van der Waals surface area contributed by atoms with Gasteiger partial charge in [-0.15, -0.1) is 11.3 Å². The number of benzene rings is 1. The van der Waals surface area contributed by atoms with Crippen LogP contribution in [0.2, 0.25) is 0 Å². The van der Waals surface area contributed by atoms with Crippen molar-refractivity contribution >= 4 is 22.9 Å². The second-order valence-corrected chi connectivity index (χ2v) is 5.78. The molecule has 0 aliphatic rings. The number of thiophene rings is 1. The summed E-state index contributed by atoms with van der Waals surface area (Å²) in [6, 6.07) is 9.57. The third-order valence-electron chi connectivity index (χ3n) is 3.05. The van der Waals surface area contributed by atoms with Crippen LogP contribution in [0.1, 0.15) is 32.6 Å². The molecule has 21 heavy (non-hydrogen) atoms. The van der Waals surface area contributed by atoms with Gasteiger partial charge in [-0.05, 0) is 43.2 Å². The molecule has 3 N–H and O–H groups in total. The van der Waals surface area contributed by atoms with Gasteiger partial charge in [0.1, 0.15) is 0 Å². The maximum absolute atomic E-state index is 12.2. The number of hydrogen-bond acceptors (Lipinski definition) is 3. The molecular formula is C17H18N2OS. The van der Waals surface area contributed by atoms with Crippen LogP contribution >= 0.6 is 11.3 Å². The van der Waals surface area contributed by atoms with Gasteiger partial charge in [-0.2, -0.15) is 0 Å². The smallest absolute Gasteiger partial charge is 0.265 e. The molecular weight excluding hydrogens is 280 g/mol. The Morgan fingerprint density at radius 3 is 2.81 bits per heavy atom. The van der Waals surface area contributed by atoms with Crippen molar-refractivity contribution in [3.8, 4) is 11.8 Å². The van der Waals surface area contributed by atoms with Gasteiger partial charge in [0, 0.05) is 16.1 Å². The molecule has 0 atom stereocenters. The molecule has 4 heteroatoms. The monoisotopic (exact) mass is 298 g/mol. The number of aryl methyl sites for hydroxylation is 2. The average molecular weight is 298 g/mol. The van der Waals surface area contributed by atoms with Crippen molar-refractivity contribution < 1.29 is 4.79 Å². The van der Waals surface area contributed by atoms with Crippen molar-refractivity contribution in [2.24, 2.45) is 5.73 Å². The minimum atomic E-state index is -0.0821. The zero-order valence-electron chi connectivity index (χ0n) is 12.2. The van der Waals surface area contributed by atoms with Crippen molar-refractivity contribution in [1.29, 1.82) is 0 Å². The Balaban J connectivity index is 2.17.